The van der Waals surface area contributed by atoms with Gasteiger partial charge in [-0.25, -0.2) is 0 Å². The van der Waals surface area contributed by atoms with Crippen molar-refractivity contribution in [2.24, 2.45) is 23.7 Å². The highest BCUT2D eigenvalue weighted by Crippen LogP contribution is 2.52. The molecule has 0 N–H and O–H groups in total. The molecule has 3 atom stereocenters. The lowest BCUT2D eigenvalue weighted by molar-refractivity contribution is 0.503. The molecule has 0 aromatic heterocycles. The van der Waals surface area contributed by atoms with Crippen LogP contribution in [0.2, 0.25) is 0 Å². The van der Waals surface area contributed by atoms with Gasteiger partial charge < -0.3 is 0 Å². The minimum atomic E-state index is 0.855. The average molecular weight is 166 g/mol. The SMILES string of the molecule is C=CC1C(CC)C1CCC(C)C. The molecule has 12 heavy (non-hydrogen) atoms. The molecule has 1 saturated carbocycles. The van der Waals surface area contributed by atoms with E-state index >= 15 is 0 Å². The maximum absolute atomic E-state index is 3.90. The molecule has 1 rings (SSSR count). The highest BCUT2D eigenvalue weighted by Gasteiger charge is 2.45. The largest absolute Gasteiger partial charge is 0.103 e. The van der Waals surface area contributed by atoms with Crippen LogP contribution in [0.4, 0.5) is 0 Å². The third-order valence-corrected chi connectivity index (χ3v) is 3.22. The molecule has 1 aliphatic carbocycles. The van der Waals surface area contributed by atoms with Crippen molar-refractivity contribution in [3.05, 3.63) is 12.7 Å². The van der Waals surface area contributed by atoms with Gasteiger partial charge in [0, 0.05) is 0 Å². The molecule has 0 spiro atoms. The van der Waals surface area contributed by atoms with Gasteiger partial charge in [0.2, 0.25) is 0 Å². The molecule has 1 aliphatic rings. The fraction of sp³-hybridized carbons (Fsp3) is 0.833. The van der Waals surface area contributed by atoms with Crippen molar-refractivity contribution < 1.29 is 0 Å². The Bertz CT molecular complexity index is 146. The lowest BCUT2D eigenvalue weighted by Crippen LogP contribution is -1.89. The number of hydrogen-bond acceptors (Lipinski definition) is 0. The minimum absolute atomic E-state index is 0.855. The zero-order valence-electron chi connectivity index (χ0n) is 8.72. The summed E-state index contributed by atoms with van der Waals surface area (Å²) in [5.74, 6) is 3.68. The van der Waals surface area contributed by atoms with E-state index in [-0.39, 0.29) is 0 Å². The van der Waals surface area contributed by atoms with Gasteiger partial charge in [-0.15, -0.1) is 6.58 Å². The van der Waals surface area contributed by atoms with E-state index in [1.54, 1.807) is 0 Å². The molecule has 3 unspecified atom stereocenters. The van der Waals surface area contributed by atoms with Gasteiger partial charge in [-0.05, 0) is 30.1 Å². The first kappa shape index (κ1) is 9.83. The second-order valence-corrected chi connectivity index (χ2v) is 4.52. The lowest BCUT2D eigenvalue weighted by atomic mass is 10.0. The molecule has 0 bridgehead atoms. The highest BCUT2D eigenvalue weighted by atomic mass is 14.5. The van der Waals surface area contributed by atoms with Crippen LogP contribution in [-0.2, 0) is 0 Å². The van der Waals surface area contributed by atoms with Crippen molar-refractivity contribution in [2.75, 3.05) is 0 Å². The van der Waals surface area contributed by atoms with Crippen molar-refractivity contribution in [1.82, 2.24) is 0 Å². The molecule has 0 aliphatic heterocycles. The van der Waals surface area contributed by atoms with Crippen molar-refractivity contribution in [3.63, 3.8) is 0 Å². The zero-order valence-corrected chi connectivity index (χ0v) is 8.72. The minimum Gasteiger partial charge on any atom is -0.103 e. The van der Waals surface area contributed by atoms with Crippen LogP contribution in [0, 0.1) is 23.7 Å². The molecule has 0 heterocycles. The van der Waals surface area contributed by atoms with Crippen molar-refractivity contribution in [1.29, 1.82) is 0 Å². The zero-order chi connectivity index (χ0) is 9.14. The van der Waals surface area contributed by atoms with Gasteiger partial charge in [-0.3, -0.25) is 0 Å². The quantitative estimate of drug-likeness (QED) is 0.544. The predicted molar refractivity (Wildman–Crippen MR) is 55.0 cm³/mol. The van der Waals surface area contributed by atoms with E-state index in [1.807, 2.05) is 0 Å². The van der Waals surface area contributed by atoms with Crippen LogP contribution in [-0.4, -0.2) is 0 Å². The fourth-order valence-corrected chi connectivity index (χ4v) is 2.33. The normalized spacial score (nSPS) is 33.8. The molecule has 0 saturated heterocycles. The Kier molecular flexibility index (Phi) is 3.37. The standard InChI is InChI=1S/C12H22/c1-5-10-11(6-2)12(10)8-7-9(3)4/h5,9-12H,1,6-8H2,2-4H3. The third kappa shape index (κ3) is 2.12. The lowest BCUT2D eigenvalue weighted by Gasteiger charge is -2.02. The molecule has 0 nitrogen and oxygen atoms in total. The molecule has 0 aromatic carbocycles. The first-order chi connectivity index (χ1) is 5.70. The van der Waals surface area contributed by atoms with Crippen LogP contribution in [0.15, 0.2) is 12.7 Å². The smallest absolute Gasteiger partial charge is 0.0174 e. The Morgan fingerprint density at radius 1 is 1.33 bits per heavy atom. The van der Waals surface area contributed by atoms with Gasteiger partial charge in [0.05, 0.1) is 0 Å². The molecule has 1 fully saturated rings. The summed E-state index contributed by atoms with van der Waals surface area (Å²) in [5.41, 5.74) is 0. The van der Waals surface area contributed by atoms with Crippen LogP contribution in [0.1, 0.15) is 40.0 Å². The average Bonchev–Trinajstić information content (AvgIpc) is 2.73. The van der Waals surface area contributed by atoms with Crippen molar-refractivity contribution in [3.8, 4) is 0 Å². The summed E-state index contributed by atoms with van der Waals surface area (Å²) in [5, 5.41) is 0. The van der Waals surface area contributed by atoms with E-state index in [4.69, 9.17) is 0 Å². The Morgan fingerprint density at radius 2 is 2.00 bits per heavy atom. The summed E-state index contributed by atoms with van der Waals surface area (Å²) in [6, 6.07) is 0. The monoisotopic (exact) mass is 166 g/mol. The number of hydrogen-bond donors (Lipinski definition) is 0. The van der Waals surface area contributed by atoms with E-state index in [2.05, 4.69) is 33.4 Å². The maximum atomic E-state index is 3.90. The van der Waals surface area contributed by atoms with E-state index in [9.17, 15) is 0 Å². The molecule has 0 aromatic rings. The van der Waals surface area contributed by atoms with Gasteiger partial charge in [-0.1, -0.05) is 39.7 Å². The van der Waals surface area contributed by atoms with Gasteiger partial charge in [0.1, 0.15) is 0 Å². The van der Waals surface area contributed by atoms with Crippen molar-refractivity contribution in [2.45, 2.75) is 40.0 Å². The molecule has 0 amide bonds. The summed E-state index contributed by atoms with van der Waals surface area (Å²) in [6.07, 6.45) is 6.33. The predicted octanol–water partition coefficient (Wildman–Crippen LogP) is 3.88. The molecule has 70 valence electrons. The molecule has 0 radical (unpaired) electrons. The fourth-order valence-electron chi connectivity index (χ4n) is 2.33. The van der Waals surface area contributed by atoms with E-state index in [1.165, 1.54) is 19.3 Å². The van der Waals surface area contributed by atoms with Gasteiger partial charge >= 0.3 is 0 Å². The first-order valence-electron chi connectivity index (χ1n) is 5.33. The van der Waals surface area contributed by atoms with Crippen LogP contribution < -0.4 is 0 Å². The number of rotatable bonds is 5. The van der Waals surface area contributed by atoms with E-state index < -0.39 is 0 Å². The van der Waals surface area contributed by atoms with Crippen LogP contribution in [0.3, 0.4) is 0 Å². The Labute approximate surface area is 77.1 Å². The van der Waals surface area contributed by atoms with Gasteiger partial charge in [0.15, 0.2) is 0 Å². The summed E-state index contributed by atoms with van der Waals surface area (Å²) in [4.78, 5) is 0. The van der Waals surface area contributed by atoms with Crippen molar-refractivity contribution >= 4 is 0 Å². The van der Waals surface area contributed by atoms with E-state index in [0.29, 0.717) is 0 Å². The van der Waals surface area contributed by atoms with E-state index in [0.717, 1.165) is 23.7 Å². The Hall–Kier alpha value is -0.260. The van der Waals surface area contributed by atoms with Gasteiger partial charge in [-0.2, -0.15) is 0 Å². The second kappa shape index (κ2) is 4.11. The molecular weight excluding hydrogens is 144 g/mol. The van der Waals surface area contributed by atoms with Crippen LogP contribution in [0.5, 0.6) is 0 Å². The third-order valence-electron chi connectivity index (χ3n) is 3.22. The topological polar surface area (TPSA) is 0 Å². The summed E-state index contributed by atoms with van der Waals surface area (Å²) in [6.45, 7) is 10.8. The van der Waals surface area contributed by atoms with Gasteiger partial charge in [0.25, 0.3) is 0 Å². The summed E-state index contributed by atoms with van der Waals surface area (Å²) in [7, 11) is 0. The summed E-state index contributed by atoms with van der Waals surface area (Å²) >= 11 is 0. The van der Waals surface area contributed by atoms with Crippen LogP contribution >= 0.6 is 0 Å². The Balaban J connectivity index is 2.22. The Morgan fingerprint density at radius 3 is 2.33 bits per heavy atom. The second-order valence-electron chi connectivity index (χ2n) is 4.52. The molecular formula is C12H22. The number of allylic oxidation sites excluding steroid dienone is 1. The van der Waals surface area contributed by atoms with Crippen LogP contribution in [0.25, 0.3) is 0 Å². The maximum Gasteiger partial charge on any atom is -0.0174 e. The highest BCUT2D eigenvalue weighted by molar-refractivity contribution is 5.04. The summed E-state index contributed by atoms with van der Waals surface area (Å²) < 4.78 is 0. The molecule has 0 heteroatoms. The first-order valence-corrected chi connectivity index (χ1v) is 5.33.